The molecule has 0 aliphatic heterocycles. The van der Waals surface area contributed by atoms with Crippen LogP contribution in [0, 0.1) is 5.92 Å². The van der Waals surface area contributed by atoms with Gasteiger partial charge in [0.15, 0.2) is 0 Å². The van der Waals surface area contributed by atoms with E-state index < -0.39 is 0 Å². The van der Waals surface area contributed by atoms with Crippen molar-refractivity contribution < 1.29 is 0 Å². The van der Waals surface area contributed by atoms with Crippen LogP contribution in [0.2, 0.25) is 0 Å². The average Bonchev–Trinajstić information content (AvgIpc) is 2.79. The van der Waals surface area contributed by atoms with Gasteiger partial charge in [-0.2, -0.15) is 0 Å². The Hall–Kier alpha value is -1.42. The number of imidazole rings is 1. The number of aromatic nitrogens is 3. The molecule has 0 bridgehead atoms. The zero-order valence-corrected chi connectivity index (χ0v) is 12.5. The van der Waals surface area contributed by atoms with Gasteiger partial charge in [-0.05, 0) is 31.2 Å². The van der Waals surface area contributed by atoms with Crippen molar-refractivity contribution >= 4 is 11.0 Å². The van der Waals surface area contributed by atoms with Crippen LogP contribution >= 0.6 is 0 Å². The van der Waals surface area contributed by atoms with Crippen LogP contribution in [-0.2, 0) is 12.1 Å². The molecule has 4 heteroatoms. The minimum absolute atomic E-state index is 0.272. The van der Waals surface area contributed by atoms with Crippen LogP contribution in [0.15, 0.2) is 18.5 Å². The van der Waals surface area contributed by atoms with Crippen molar-refractivity contribution in [3.05, 3.63) is 24.3 Å². The molecule has 1 saturated carbocycles. The number of hydrogen-bond donors (Lipinski definition) is 1. The largest absolute Gasteiger partial charge is 0.326 e. The van der Waals surface area contributed by atoms with Crippen molar-refractivity contribution in [1.29, 1.82) is 0 Å². The van der Waals surface area contributed by atoms with Gasteiger partial charge in [0, 0.05) is 12.7 Å². The first-order chi connectivity index (χ1) is 9.64. The fourth-order valence-electron chi connectivity index (χ4n) is 3.61. The van der Waals surface area contributed by atoms with Crippen molar-refractivity contribution in [2.24, 2.45) is 11.7 Å². The highest BCUT2D eigenvalue weighted by Crippen LogP contribution is 2.38. The maximum Gasteiger partial charge on any atom is 0.130 e. The summed E-state index contributed by atoms with van der Waals surface area (Å²) < 4.78 is 2.31. The van der Waals surface area contributed by atoms with E-state index in [1.807, 2.05) is 12.4 Å². The molecular formula is C16H24N4. The van der Waals surface area contributed by atoms with Crippen LogP contribution < -0.4 is 5.73 Å². The molecule has 2 aromatic rings. The molecule has 20 heavy (non-hydrogen) atoms. The third-order valence-corrected chi connectivity index (χ3v) is 4.48. The molecule has 2 atom stereocenters. The van der Waals surface area contributed by atoms with Crippen molar-refractivity contribution in [3.8, 4) is 0 Å². The van der Waals surface area contributed by atoms with Crippen molar-refractivity contribution in [1.82, 2.24) is 14.5 Å². The van der Waals surface area contributed by atoms with E-state index in [9.17, 15) is 0 Å². The highest BCUT2D eigenvalue weighted by atomic mass is 15.1. The summed E-state index contributed by atoms with van der Waals surface area (Å²) >= 11 is 0. The second-order valence-corrected chi connectivity index (χ2v) is 6.31. The second kappa shape index (κ2) is 5.17. The molecule has 3 rings (SSSR count). The summed E-state index contributed by atoms with van der Waals surface area (Å²) in [6, 6.07) is 2.05. The van der Waals surface area contributed by atoms with Gasteiger partial charge in [0.25, 0.3) is 0 Å². The maximum atomic E-state index is 6.76. The molecule has 1 aliphatic carbocycles. The molecular weight excluding hydrogens is 248 g/mol. The number of hydrogen-bond acceptors (Lipinski definition) is 3. The zero-order valence-electron chi connectivity index (χ0n) is 12.5. The number of nitrogens with zero attached hydrogens (tertiary/aromatic N) is 3. The van der Waals surface area contributed by atoms with Gasteiger partial charge < -0.3 is 10.3 Å². The highest BCUT2D eigenvalue weighted by Gasteiger charge is 2.37. The summed E-state index contributed by atoms with van der Waals surface area (Å²) in [6.45, 7) is 5.47. The Kier molecular flexibility index (Phi) is 3.50. The first-order valence-corrected chi connectivity index (χ1v) is 7.73. The highest BCUT2D eigenvalue weighted by molar-refractivity contribution is 5.75. The van der Waals surface area contributed by atoms with Crippen LogP contribution in [0.25, 0.3) is 11.0 Å². The number of fused-ring (bicyclic) bond motifs is 1. The lowest BCUT2D eigenvalue weighted by Crippen LogP contribution is -2.43. The van der Waals surface area contributed by atoms with E-state index >= 15 is 0 Å². The fraction of sp³-hybridized carbons (Fsp3) is 0.625. The molecule has 2 N–H and O–H groups in total. The molecule has 0 radical (unpaired) electrons. The molecule has 2 unspecified atom stereocenters. The Balaban J connectivity index is 2.12. The van der Waals surface area contributed by atoms with Gasteiger partial charge in [-0.1, -0.05) is 26.7 Å². The molecule has 108 valence electrons. The van der Waals surface area contributed by atoms with Crippen LogP contribution in [-0.4, -0.2) is 14.5 Å². The first-order valence-electron chi connectivity index (χ1n) is 7.73. The molecule has 4 nitrogen and oxygen atoms in total. The molecule has 0 amide bonds. The van der Waals surface area contributed by atoms with Gasteiger partial charge in [-0.3, -0.25) is 4.98 Å². The average molecular weight is 272 g/mol. The predicted molar refractivity (Wildman–Crippen MR) is 81.3 cm³/mol. The minimum Gasteiger partial charge on any atom is -0.326 e. The Morgan fingerprint density at radius 2 is 2.35 bits per heavy atom. The number of rotatable bonds is 3. The summed E-state index contributed by atoms with van der Waals surface area (Å²) in [4.78, 5) is 9.03. The third-order valence-electron chi connectivity index (χ3n) is 4.48. The summed E-state index contributed by atoms with van der Waals surface area (Å²) in [5.41, 5.74) is 8.63. The molecule has 0 aromatic carbocycles. The third kappa shape index (κ3) is 2.22. The van der Waals surface area contributed by atoms with Crippen molar-refractivity contribution in [2.45, 2.75) is 58.0 Å². The SMILES string of the molecule is CCCn1c(C2(N)CCCC(C)C2)nc2cnccc21. The Morgan fingerprint density at radius 3 is 3.10 bits per heavy atom. The van der Waals surface area contributed by atoms with Crippen molar-refractivity contribution in [3.63, 3.8) is 0 Å². The Morgan fingerprint density at radius 1 is 1.50 bits per heavy atom. The topological polar surface area (TPSA) is 56.7 Å². The molecule has 2 heterocycles. The number of aryl methyl sites for hydroxylation is 1. The smallest absolute Gasteiger partial charge is 0.130 e. The van der Waals surface area contributed by atoms with Crippen LogP contribution in [0.1, 0.15) is 51.8 Å². The predicted octanol–water partition coefficient (Wildman–Crippen LogP) is 3.21. The van der Waals surface area contributed by atoms with E-state index in [1.54, 1.807) is 0 Å². The van der Waals surface area contributed by atoms with Crippen molar-refractivity contribution in [2.75, 3.05) is 0 Å². The van der Waals surface area contributed by atoms with Gasteiger partial charge in [-0.15, -0.1) is 0 Å². The lowest BCUT2D eigenvalue weighted by molar-refractivity contribution is 0.222. The summed E-state index contributed by atoms with van der Waals surface area (Å²) in [7, 11) is 0. The van der Waals surface area contributed by atoms with Gasteiger partial charge >= 0.3 is 0 Å². The Bertz CT molecular complexity index is 604. The molecule has 0 spiro atoms. The van der Waals surface area contributed by atoms with E-state index in [2.05, 4.69) is 29.5 Å². The number of pyridine rings is 1. The lowest BCUT2D eigenvalue weighted by Gasteiger charge is -2.36. The second-order valence-electron chi connectivity index (χ2n) is 6.31. The monoisotopic (exact) mass is 272 g/mol. The van der Waals surface area contributed by atoms with E-state index in [1.165, 1.54) is 18.4 Å². The first kappa shape index (κ1) is 13.6. The summed E-state index contributed by atoms with van der Waals surface area (Å²) in [6.07, 6.45) is 9.34. The molecule has 1 fully saturated rings. The summed E-state index contributed by atoms with van der Waals surface area (Å²) in [5.74, 6) is 1.75. The quantitative estimate of drug-likeness (QED) is 0.933. The maximum absolute atomic E-state index is 6.76. The van der Waals surface area contributed by atoms with Gasteiger partial charge in [0.1, 0.15) is 11.3 Å². The summed E-state index contributed by atoms with van der Waals surface area (Å²) in [5, 5.41) is 0. The minimum atomic E-state index is -0.272. The molecule has 1 aliphatic rings. The lowest BCUT2D eigenvalue weighted by atomic mass is 9.76. The van der Waals surface area contributed by atoms with E-state index in [0.717, 1.165) is 37.1 Å². The molecule has 0 saturated heterocycles. The van der Waals surface area contributed by atoms with E-state index in [0.29, 0.717) is 5.92 Å². The van der Waals surface area contributed by atoms with Gasteiger partial charge in [-0.25, -0.2) is 4.98 Å². The van der Waals surface area contributed by atoms with E-state index in [4.69, 9.17) is 10.7 Å². The number of nitrogens with two attached hydrogens (primary N) is 1. The fourth-order valence-corrected chi connectivity index (χ4v) is 3.61. The van der Waals surface area contributed by atoms with Crippen LogP contribution in [0.4, 0.5) is 0 Å². The van der Waals surface area contributed by atoms with Crippen LogP contribution in [0.3, 0.4) is 0 Å². The van der Waals surface area contributed by atoms with E-state index in [-0.39, 0.29) is 5.54 Å². The molecule has 2 aromatic heterocycles. The van der Waals surface area contributed by atoms with Crippen LogP contribution in [0.5, 0.6) is 0 Å². The van der Waals surface area contributed by atoms with Gasteiger partial charge in [0.05, 0.1) is 17.3 Å². The zero-order chi connectivity index (χ0) is 14.2. The normalized spacial score (nSPS) is 27.1. The van der Waals surface area contributed by atoms with Gasteiger partial charge in [0.2, 0.25) is 0 Å². The Labute approximate surface area is 120 Å². The standard InChI is InChI=1S/C16H24N4/c1-3-9-20-14-6-8-18-11-13(14)19-15(20)16(17)7-4-5-12(2)10-16/h6,8,11-12H,3-5,7,9-10,17H2,1-2H3.